The van der Waals surface area contributed by atoms with E-state index in [0.29, 0.717) is 0 Å². The quantitative estimate of drug-likeness (QED) is 0.0781. The zero-order valence-electron chi connectivity index (χ0n) is 25.7. The molecule has 0 saturated heterocycles. The number of benzene rings is 7. The van der Waals surface area contributed by atoms with E-state index < -0.39 is 21.8 Å². The second-order valence-electron chi connectivity index (χ2n) is 11.2. The van der Waals surface area contributed by atoms with Gasteiger partial charge in [-0.3, -0.25) is 0 Å². The Balaban J connectivity index is 1.82. The van der Waals surface area contributed by atoms with Crippen LogP contribution in [-0.4, -0.2) is 0 Å². The van der Waals surface area contributed by atoms with Crippen molar-refractivity contribution in [1.29, 1.82) is 0 Å². The minimum absolute atomic E-state index is 0.207. The van der Waals surface area contributed by atoms with Gasteiger partial charge in [-0.25, -0.2) is 0 Å². The average Bonchev–Trinajstić information content (AvgIpc) is 3.15. The molecule has 0 spiro atoms. The minimum atomic E-state index is -3.27. The summed E-state index contributed by atoms with van der Waals surface area (Å²) in [5.41, 5.74) is -6.09. The molecule has 238 valence electrons. The molecule has 0 amide bonds. The molecule has 5 heteroatoms. The molecule has 0 saturated carbocycles. The predicted molar refractivity (Wildman–Crippen MR) is 213 cm³/mol. The molecule has 47 heavy (non-hydrogen) atoms. The zero-order valence-corrected chi connectivity index (χ0v) is 31.4. The second-order valence-corrected chi connectivity index (χ2v) is 48.2. The van der Waals surface area contributed by atoms with E-state index in [4.69, 9.17) is 0 Å². The summed E-state index contributed by atoms with van der Waals surface area (Å²) in [6, 6.07) is 75.4. The van der Waals surface area contributed by atoms with Crippen molar-refractivity contribution >= 4 is 66.3 Å². The summed E-state index contributed by atoms with van der Waals surface area (Å²) < 4.78 is 16.3. The van der Waals surface area contributed by atoms with Gasteiger partial charge in [-0.05, 0) is 0 Å². The van der Waals surface area contributed by atoms with Gasteiger partial charge in [0.1, 0.15) is 0 Å². The molecule has 0 N–H and O–H groups in total. The van der Waals surface area contributed by atoms with Gasteiger partial charge in [-0.1, -0.05) is 0 Å². The van der Waals surface area contributed by atoms with Gasteiger partial charge in [0, 0.05) is 0 Å². The van der Waals surface area contributed by atoms with Gasteiger partial charge in [0.05, 0.1) is 0 Å². The van der Waals surface area contributed by atoms with Gasteiger partial charge in [0.15, 0.2) is 0 Å². The molecule has 0 aliphatic rings. The fraction of sp³-hybridized carbons (Fsp3) is 0. The van der Waals surface area contributed by atoms with Crippen molar-refractivity contribution in [1.82, 2.24) is 0 Å². The Labute approximate surface area is 291 Å². The van der Waals surface area contributed by atoms with E-state index in [1.54, 1.807) is 12.1 Å². The van der Waals surface area contributed by atoms with Gasteiger partial charge >= 0.3 is 294 Å². The molecule has 0 aliphatic heterocycles. The summed E-state index contributed by atoms with van der Waals surface area (Å²) >= 11 is 3.05. The first-order valence-electron chi connectivity index (χ1n) is 15.6. The summed E-state index contributed by atoms with van der Waals surface area (Å²) in [5.74, 6) is -0.207. The fourth-order valence-corrected chi connectivity index (χ4v) is 77.9. The number of hydrogen-bond donors (Lipinski definition) is 0. The van der Waals surface area contributed by atoms with Crippen molar-refractivity contribution in [3.63, 3.8) is 0 Å². The molecule has 0 radical (unpaired) electrons. The van der Waals surface area contributed by atoms with Crippen LogP contribution in [0.25, 0.3) is 0 Å². The zero-order chi connectivity index (χ0) is 32.2. The third-order valence-corrected chi connectivity index (χ3v) is 67.0. The van der Waals surface area contributed by atoms with Crippen LogP contribution in [-0.2, 0) is 10.9 Å². The van der Waals surface area contributed by atoms with E-state index in [2.05, 4.69) is 214 Å². The third-order valence-electron chi connectivity index (χ3n) is 8.61. The van der Waals surface area contributed by atoms with Crippen molar-refractivity contribution in [2.75, 3.05) is 0 Å². The van der Waals surface area contributed by atoms with Gasteiger partial charge in [-0.15, -0.1) is 0 Å². The summed E-state index contributed by atoms with van der Waals surface area (Å²) in [6.45, 7) is 0. The van der Waals surface area contributed by atoms with Crippen LogP contribution < -0.4 is 35.9 Å². The molecule has 7 rings (SSSR count). The molecule has 0 aliphatic carbocycles. The van der Waals surface area contributed by atoms with E-state index in [1.807, 2.05) is 0 Å². The molecule has 7 aromatic rings. The van der Waals surface area contributed by atoms with Crippen LogP contribution in [0.4, 0.5) is 4.39 Å². The Bertz CT molecular complexity index is 1710. The summed E-state index contributed by atoms with van der Waals surface area (Å²) in [7, 11) is -3.27. The van der Waals surface area contributed by atoms with Crippen molar-refractivity contribution in [3.05, 3.63) is 212 Å². The SMILES string of the molecule is Fc1cc[c]([Pd]([I])([PH](c2ccccc2)(c2ccccc2)c2ccccc2)[PH](c2ccccc2)(c2ccccc2)c2ccccc2)cc1. The Morgan fingerprint density at radius 2 is 0.532 bits per heavy atom. The van der Waals surface area contributed by atoms with Gasteiger partial charge in [-0.2, -0.15) is 0 Å². The molecule has 0 aromatic heterocycles. The Morgan fingerprint density at radius 3 is 0.745 bits per heavy atom. The van der Waals surface area contributed by atoms with E-state index in [9.17, 15) is 0 Å². The monoisotopic (exact) mass is 854 g/mol. The molecular formula is C42H36FIP2Pd. The normalized spacial score (nSPS) is 14.4. The number of hydrogen-bond acceptors (Lipinski definition) is 0. The second kappa shape index (κ2) is 14.1. The van der Waals surface area contributed by atoms with Gasteiger partial charge in [0.25, 0.3) is 0 Å². The first-order chi connectivity index (χ1) is 23.1. The van der Waals surface area contributed by atoms with Crippen LogP contribution in [0, 0.1) is 5.82 Å². The number of halogens is 2. The third kappa shape index (κ3) is 5.38. The van der Waals surface area contributed by atoms with E-state index in [1.165, 1.54) is 35.9 Å². The molecular weight excluding hydrogens is 819 g/mol. The first kappa shape index (κ1) is 32.3. The molecule has 0 atom stereocenters. The molecule has 0 nitrogen and oxygen atoms in total. The van der Waals surface area contributed by atoms with Crippen molar-refractivity contribution in [3.8, 4) is 0 Å². The van der Waals surface area contributed by atoms with Crippen molar-refractivity contribution in [2.24, 2.45) is 0 Å². The predicted octanol–water partition coefficient (Wildman–Crippen LogP) is 8.24. The molecule has 0 fully saturated rings. The standard InChI is InChI=1S/2C18H15P.C6H4F.HI.Pd/c2*1-4-10-16(11-5-1)19(17-12-6-2-7-13-17)18-14-8-3-9-15-18;7-6-4-2-1-3-5-6;;/h2*1-15H;2-5H;1H;/q;;;;-1/p+1. The summed E-state index contributed by atoms with van der Waals surface area (Å²) in [4.78, 5) is 0. The maximum absolute atomic E-state index is 15.0. The summed E-state index contributed by atoms with van der Waals surface area (Å²) in [5, 5.41) is 8.29. The maximum atomic E-state index is 15.0. The number of rotatable bonds is 9. The van der Waals surface area contributed by atoms with Crippen molar-refractivity contribution < 1.29 is 15.3 Å². The van der Waals surface area contributed by atoms with Crippen LogP contribution in [0.5, 0.6) is 0 Å². The Hall–Kier alpha value is -3.28. The topological polar surface area (TPSA) is 0 Å². The molecule has 7 aromatic carbocycles. The van der Waals surface area contributed by atoms with Gasteiger partial charge in [0.2, 0.25) is 0 Å². The van der Waals surface area contributed by atoms with Crippen LogP contribution in [0.15, 0.2) is 206 Å². The van der Waals surface area contributed by atoms with Crippen LogP contribution in [0.1, 0.15) is 0 Å². The van der Waals surface area contributed by atoms with E-state index >= 15 is 4.39 Å². The van der Waals surface area contributed by atoms with Crippen LogP contribution in [0.3, 0.4) is 0 Å². The van der Waals surface area contributed by atoms with Crippen LogP contribution >= 0.6 is 30.4 Å². The van der Waals surface area contributed by atoms with E-state index in [0.717, 1.165) is 0 Å². The molecule has 0 unspecified atom stereocenters. The molecule has 0 bridgehead atoms. The van der Waals surface area contributed by atoms with Gasteiger partial charge < -0.3 is 0 Å². The Kier molecular flexibility index (Phi) is 9.66. The van der Waals surface area contributed by atoms with Crippen LogP contribution in [0.2, 0.25) is 0 Å². The summed E-state index contributed by atoms with van der Waals surface area (Å²) in [6.07, 6.45) is 0. The Morgan fingerprint density at radius 1 is 0.319 bits per heavy atom. The van der Waals surface area contributed by atoms with E-state index in [-0.39, 0.29) is 5.82 Å². The first-order valence-corrected chi connectivity index (χ1v) is 29.3. The average molecular weight is 855 g/mol. The molecule has 0 heterocycles. The fourth-order valence-electron chi connectivity index (χ4n) is 6.72. The van der Waals surface area contributed by atoms with Crippen molar-refractivity contribution in [2.45, 2.75) is 0 Å².